The summed E-state index contributed by atoms with van der Waals surface area (Å²) in [5.74, 6) is -0.732. The molecule has 3 aromatic rings. The number of hydrogen-bond donors (Lipinski definition) is 1. The van der Waals surface area contributed by atoms with Crippen LogP contribution in [0.15, 0.2) is 71.6 Å². The van der Waals surface area contributed by atoms with Crippen molar-refractivity contribution in [3.8, 4) is 0 Å². The van der Waals surface area contributed by atoms with Crippen LogP contribution in [0.5, 0.6) is 0 Å². The van der Waals surface area contributed by atoms with Crippen LogP contribution in [0.1, 0.15) is 16.7 Å². The second-order valence-electron chi connectivity index (χ2n) is 7.38. The number of sulfonamides is 1. The summed E-state index contributed by atoms with van der Waals surface area (Å²) in [5.41, 5.74) is 0.879. The summed E-state index contributed by atoms with van der Waals surface area (Å²) in [6, 6.07) is 14.7. The van der Waals surface area contributed by atoms with Crippen molar-refractivity contribution in [1.82, 2.24) is 0 Å². The molecule has 0 fully saturated rings. The van der Waals surface area contributed by atoms with Gasteiger partial charge < -0.3 is 5.32 Å². The van der Waals surface area contributed by atoms with Crippen LogP contribution in [0.25, 0.3) is 0 Å². The molecule has 1 amide bonds. The van der Waals surface area contributed by atoms with Crippen molar-refractivity contribution in [3.05, 3.63) is 88.4 Å². The van der Waals surface area contributed by atoms with E-state index in [1.54, 1.807) is 31.2 Å². The van der Waals surface area contributed by atoms with Crippen molar-refractivity contribution in [1.29, 1.82) is 0 Å². The van der Waals surface area contributed by atoms with E-state index in [1.807, 2.05) is 6.92 Å². The van der Waals surface area contributed by atoms with Gasteiger partial charge in [-0.15, -0.1) is 0 Å². The van der Waals surface area contributed by atoms with E-state index in [9.17, 15) is 26.4 Å². The summed E-state index contributed by atoms with van der Waals surface area (Å²) < 4.78 is 66.1. The van der Waals surface area contributed by atoms with Crippen LogP contribution in [0.4, 0.5) is 24.5 Å². The number of benzene rings is 3. The highest BCUT2D eigenvalue weighted by Crippen LogP contribution is 2.31. The van der Waals surface area contributed by atoms with Gasteiger partial charge in [0.25, 0.3) is 10.0 Å². The Hall–Kier alpha value is -3.04. The molecular formula is C23H20ClF3N2O3S. The molecule has 0 aliphatic rings. The molecule has 33 heavy (non-hydrogen) atoms. The minimum Gasteiger partial charge on any atom is -0.325 e. The molecule has 5 nitrogen and oxygen atoms in total. The molecule has 0 heterocycles. The number of nitrogens with zero attached hydrogens (tertiary/aromatic N) is 1. The summed E-state index contributed by atoms with van der Waals surface area (Å²) in [6.45, 7) is 2.88. The molecule has 10 heteroatoms. The Morgan fingerprint density at radius 1 is 0.970 bits per heavy atom. The van der Waals surface area contributed by atoms with Crippen molar-refractivity contribution in [2.45, 2.75) is 24.9 Å². The Labute approximate surface area is 194 Å². The topological polar surface area (TPSA) is 66.5 Å². The van der Waals surface area contributed by atoms with Crippen molar-refractivity contribution < 1.29 is 26.4 Å². The van der Waals surface area contributed by atoms with Gasteiger partial charge >= 0.3 is 6.18 Å². The zero-order valence-corrected chi connectivity index (χ0v) is 19.2. The van der Waals surface area contributed by atoms with Gasteiger partial charge in [-0.1, -0.05) is 35.4 Å². The summed E-state index contributed by atoms with van der Waals surface area (Å²) in [5, 5.41) is 2.72. The Kier molecular flexibility index (Phi) is 7.04. The minimum atomic E-state index is -4.51. The number of carbonyl (C=O) groups excluding carboxylic acids is 1. The number of anilines is 2. The highest BCUT2D eigenvalue weighted by atomic mass is 35.5. The number of halogens is 4. The van der Waals surface area contributed by atoms with Crippen molar-refractivity contribution in [2.75, 3.05) is 16.2 Å². The number of alkyl halides is 3. The zero-order valence-electron chi connectivity index (χ0n) is 17.7. The van der Waals surface area contributed by atoms with Gasteiger partial charge in [-0.3, -0.25) is 9.10 Å². The van der Waals surface area contributed by atoms with Gasteiger partial charge in [-0.2, -0.15) is 13.2 Å². The first-order valence-corrected chi connectivity index (χ1v) is 11.5. The van der Waals surface area contributed by atoms with E-state index in [-0.39, 0.29) is 21.3 Å². The summed E-state index contributed by atoms with van der Waals surface area (Å²) in [7, 11) is -4.16. The first kappa shape index (κ1) is 24.6. The van der Waals surface area contributed by atoms with E-state index in [4.69, 9.17) is 11.6 Å². The fourth-order valence-corrected chi connectivity index (χ4v) is 4.71. The molecule has 0 atom stereocenters. The van der Waals surface area contributed by atoms with Gasteiger partial charge in [0.05, 0.1) is 16.1 Å². The molecule has 174 valence electrons. The minimum absolute atomic E-state index is 0.0187. The fourth-order valence-electron chi connectivity index (χ4n) is 3.06. The van der Waals surface area contributed by atoms with Crippen LogP contribution in [0.2, 0.25) is 5.02 Å². The second kappa shape index (κ2) is 9.44. The quantitative estimate of drug-likeness (QED) is 0.468. The molecule has 0 spiro atoms. The number of hydrogen-bond acceptors (Lipinski definition) is 3. The van der Waals surface area contributed by atoms with Crippen LogP contribution < -0.4 is 9.62 Å². The molecular weight excluding hydrogens is 477 g/mol. The number of amides is 1. The second-order valence-corrected chi connectivity index (χ2v) is 9.68. The lowest BCUT2D eigenvalue weighted by atomic mass is 10.2. The lowest BCUT2D eigenvalue weighted by Crippen LogP contribution is -2.38. The van der Waals surface area contributed by atoms with Crippen LogP contribution >= 0.6 is 11.6 Å². The first-order chi connectivity index (χ1) is 15.4. The van der Waals surface area contributed by atoms with Crippen LogP contribution in [-0.2, 0) is 21.0 Å². The largest absolute Gasteiger partial charge is 0.416 e. The number of aryl methyl sites for hydroxylation is 2. The predicted molar refractivity (Wildman–Crippen MR) is 122 cm³/mol. The highest BCUT2D eigenvalue weighted by Gasteiger charge is 2.31. The van der Waals surface area contributed by atoms with E-state index in [0.717, 1.165) is 34.1 Å². The van der Waals surface area contributed by atoms with Gasteiger partial charge in [0, 0.05) is 10.7 Å². The molecule has 0 radical (unpaired) electrons. The molecule has 0 aromatic heterocycles. The Bertz CT molecular complexity index is 1260. The molecule has 0 unspecified atom stereocenters. The van der Waals surface area contributed by atoms with Gasteiger partial charge in [0.1, 0.15) is 6.54 Å². The first-order valence-electron chi connectivity index (χ1n) is 9.70. The van der Waals surface area contributed by atoms with E-state index >= 15 is 0 Å². The van der Waals surface area contributed by atoms with E-state index in [0.29, 0.717) is 5.56 Å². The van der Waals surface area contributed by atoms with Crippen molar-refractivity contribution >= 4 is 38.9 Å². The van der Waals surface area contributed by atoms with Crippen molar-refractivity contribution in [2.24, 2.45) is 0 Å². The molecule has 0 saturated carbocycles. The summed E-state index contributed by atoms with van der Waals surface area (Å²) in [6.07, 6.45) is -4.51. The molecule has 0 saturated heterocycles. The molecule has 3 rings (SSSR count). The van der Waals surface area contributed by atoms with Gasteiger partial charge in [-0.05, 0) is 67.9 Å². The highest BCUT2D eigenvalue weighted by molar-refractivity contribution is 7.92. The number of rotatable bonds is 6. The van der Waals surface area contributed by atoms with Gasteiger partial charge in [0.15, 0.2) is 0 Å². The normalized spacial score (nSPS) is 11.8. The van der Waals surface area contributed by atoms with Crippen LogP contribution in [0.3, 0.4) is 0 Å². The Morgan fingerprint density at radius 3 is 2.15 bits per heavy atom. The average Bonchev–Trinajstić information content (AvgIpc) is 2.74. The SMILES string of the molecule is Cc1ccc(S(=O)(=O)N(CC(=O)Nc2ccc(C(F)(F)F)cc2)c2cc(Cl)ccc2C)cc1. The Morgan fingerprint density at radius 2 is 1.58 bits per heavy atom. The molecule has 3 aromatic carbocycles. The standard InChI is InChI=1S/C23H20ClF3N2O3S/c1-15-3-11-20(12-4-15)33(31,32)29(21-13-18(24)8-5-16(21)2)14-22(30)28-19-9-6-17(7-10-19)23(25,26)27/h3-13H,14H2,1-2H3,(H,28,30). The average molecular weight is 497 g/mol. The predicted octanol–water partition coefficient (Wildman–Crippen LogP) is 5.81. The molecule has 0 aliphatic carbocycles. The number of carbonyl (C=O) groups is 1. The maximum Gasteiger partial charge on any atom is 0.416 e. The maximum atomic E-state index is 13.4. The summed E-state index contributed by atoms with van der Waals surface area (Å²) >= 11 is 6.08. The smallest absolute Gasteiger partial charge is 0.325 e. The lowest BCUT2D eigenvalue weighted by molar-refractivity contribution is -0.137. The maximum absolute atomic E-state index is 13.4. The van der Waals surface area contributed by atoms with E-state index in [2.05, 4.69) is 5.32 Å². The third kappa shape index (κ3) is 5.85. The zero-order chi connectivity index (χ0) is 24.4. The third-order valence-electron chi connectivity index (χ3n) is 4.83. The monoisotopic (exact) mass is 496 g/mol. The van der Waals surface area contributed by atoms with Gasteiger partial charge in [-0.25, -0.2) is 8.42 Å². The Balaban J connectivity index is 1.94. The van der Waals surface area contributed by atoms with Gasteiger partial charge in [0.2, 0.25) is 5.91 Å². The van der Waals surface area contributed by atoms with Crippen molar-refractivity contribution in [3.63, 3.8) is 0 Å². The summed E-state index contributed by atoms with van der Waals surface area (Å²) in [4.78, 5) is 12.7. The fraction of sp³-hybridized carbons (Fsp3) is 0.174. The van der Waals surface area contributed by atoms with Crippen LogP contribution in [-0.4, -0.2) is 20.9 Å². The number of nitrogens with one attached hydrogen (secondary N) is 1. The van der Waals surface area contributed by atoms with E-state index in [1.165, 1.54) is 18.2 Å². The lowest BCUT2D eigenvalue weighted by Gasteiger charge is -2.26. The third-order valence-corrected chi connectivity index (χ3v) is 6.84. The van der Waals surface area contributed by atoms with Crippen LogP contribution in [0, 0.1) is 13.8 Å². The molecule has 1 N–H and O–H groups in total. The molecule has 0 aliphatic heterocycles. The molecule has 0 bridgehead atoms. The van der Waals surface area contributed by atoms with E-state index < -0.39 is 34.2 Å².